The first kappa shape index (κ1) is 22.8. The summed E-state index contributed by atoms with van der Waals surface area (Å²) in [6.45, 7) is 2.31. The van der Waals surface area contributed by atoms with E-state index in [9.17, 15) is 4.79 Å². The first-order chi connectivity index (χ1) is 17.0. The summed E-state index contributed by atoms with van der Waals surface area (Å²) in [4.78, 5) is 21.3. The number of amides is 1. The van der Waals surface area contributed by atoms with E-state index >= 15 is 0 Å². The second-order valence-electron chi connectivity index (χ2n) is 9.22. The van der Waals surface area contributed by atoms with Crippen LogP contribution in [-0.2, 0) is 18.9 Å². The maximum Gasteiger partial charge on any atom is 0.217 e. The zero-order valence-corrected chi connectivity index (χ0v) is 20.3. The number of aromatic nitrogens is 6. The van der Waals surface area contributed by atoms with Gasteiger partial charge in [-0.15, -0.1) is 0 Å². The number of benzene rings is 1. The average Bonchev–Trinajstić information content (AvgIpc) is 3.59. The molecular weight excluding hydrogens is 440 g/mol. The summed E-state index contributed by atoms with van der Waals surface area (Å²) in [5.74, 6) is 1.79. The van der Waals surface area contributed by atoms with Gasteiger partial charge in [-0.1, -0.05) is 24.6 Å². The van der Waals surface area contributed by atoms with Gasteiger partial charge in [0.15, 0.2) is 5.82 Å². The average molecular weight is 471 g/mol. The highest BCUT2D eigenvalue weighted by molar-refractivity contribution is 5.77. The lowest BCUT2D eigenvalue weighted by Gasteiger charge is -2.21. The predicted molar refractivity (Wildman–Crippen MR) is 135 cm³/mol. The van der Waals surface area contributed by atoms with Gasteiger partial charge >= 0.3 is 0 Å². The van der Waals surface area contributed by atoms with E-state index in [0.29, 0.717) is 11.7 Å². The third-order valence-corrected chi connectivity index (χ3v) is 6.54. The minimum Gasteiger partial charge on any atom is -0.369 e. The second kappa shape index (κ2) is 9.69. The Balaban J connectivity index is 1.46. The molecule has 2 atom stereocenters. The minimum absolute atomic E-state index is 0.0239. The molecule has 9 nitrogen and oxygen atoms in total. The van der Waals surface area contributed by atoms with E-state index in [0.717, 1.165) is 59.4 Å². The topological polar surface area (TPSA) is 103 Å². The number of anilines is 1. The van der Waals surface area contributed by atoms with Crippen molar-refractivity contribution in [3.63, 3.8) is 0 Å². The van der Waals surface area contributed by atoms with Crippen LogP contribution in [0, 0.1) is 5.92 Å². The minimum atomic E-state index is 0.0239. The third kappa shape index (κ3) is 5.08. The largest absolute Gasteiger partial charge is 0.369 e. The van der Waals surface area contributed by atoms with Gasteiger partial charge < -0.3 is 10.6 Å². The van der Waals surface area contributed by atoms with Crippen LogP contribution in [0.3, 0.4) is 0 Å². The SMILES string of the molecule is CC(=O)N[C@H]1CCC[C@H]1CNc1nc(-c2cccc(-c3cnn(C)c3)c2)ncc1-c1cnn(C)c1. The van der Waals surface area contributed by atoms with Crippen molar-refractivity contribution in [2.45, 2.75) is 32.2 Å². The van der Waals surface area contributed by atoms with E-state index in [-0.39, 0.29) is 11.9 Å². The fourth-order valence-corrected chi connectivity index (χ4v) is 4.80. The monoisotopic (exact) mass is 470 g/mol. The second-order valence-corrected chi connectivity index (χ2v) is 9.22. The van der Waals surface area contributed by atoms with Crippen LogP contribution < -0.4 is 10.6 Å². The first-order valence-electron chi connectivity index (χ1n) is 11.9. The summed E-state index contributed by atoms with van der Waals surface area (Å²) in [6.07, 6.45) is 12.7. The van der Waals surface area contributed by atoms with Gasteiger partial charge in [-0.25, -0.2) is 9.97 Å². The Bertz CT molecular complexity index is 1340. The molecule has 5 rings (SSSR count). The lowest BCUT2D eigenvalue weighted by atomic mass is 10.0. The molecule has 0 aliphatic heterocycles. The Morgan fingerprint density at radius 2 is 1.74 bits per heavy atom. The lowest BCUT2D eigenvalue weighted by Crippen LogP contribution is -2.38. The maximum atomic E-state index is 11.6. The molecule has 35 heavy (non-hydrogen) atoms. The Morgan fingerprint density at radius 1 is 1.00 bits per heavy atom. The van der Waals surface area contributed by atoms with Crippen LogP contribution in [0.4, 0.5) is 5.82 Å². The van der Waals surface area contributed by atoms with Gasteiger partial charge in [0, 0.05) is 74.5 Å². The highest BCUT2D eigenvalue weighted by Gasteiger charge is 2.28. The Morgan fingerprint density at radius 3 is 2.46 bits per heavy atom. The van der Waals surface area contributed by atoms with Crippen LogP contribution in [0.2, 0.25) is 0 Å². The number of carbonyl (C=O) groups excluding carboxylic acids is 1. The number of rotatable bonds is 7. The molecule has 0 bridgehead atoms. The number of nitrogens with one attached hydrogen (secondary N) is 2. The molecule has 180 valence electrons. The molecule has 1 fully saturated rings. The molecule has 3 aromatic heterocycles. The molecule has 3 heterocycles. The summed E-state index contributed by atoms with van der Waals surface area (Å²) in [5, 5.41) is 15.3. The van der Waals surface area contributed by atoms with Gasteiger partial charge in [-0.3, -0.25) is 14.2 Å². The summed E-state index contributed by atoms with van der Waals surface area (Å²) < 4.78 is 3.56. The van der Waals surface area contributed by atoms with Crippen LogP contribution in [0.5, 0.6) is 0 Å². The zero-order chi connectivity index (χ0) is 24.4. The van der Waals surface area contributed by atoms with Crippen molar-refractivity contribution >= 4 is 11.7 Å². The molecule has 9 heteroatoms. The molecule has 1 amide bonds. The number of nitrogens with zero attached hydrogens (tertiary/aromatic N) is 6. The fraction of sp³-hybridized carbons (Fsp3) is 0.346. The van der Waals surface area contributed by atoms with Crippen molar-refractivity contribution in [2.75, 3.05) is 11.9 Å². The van der Waals surface area contributed by atoms with Crippen LogP contribution >= 0.6 is 0 Å². The van der Waals surface area contributed by atoms with Crippen molar-refractivity contribution in [1.82, 2.24) is 34.8 Å². The van der Waals surface area contributed by atoms with E-state index in [1.807, 2.05) is 57.2 Å². The van der Waals surface area contributed by atoms with Gasteiger partial charge in [0.05, 0.1) is 12.4 Å². The number of aryl methyl sites for hydroxylation is 2. The fourth-order valence-electron chi connectivity index (χ4n) is 4.80. The number of hydrogen-bond donors (Lipinski definition) is 2. The Labute approximate surface area is 204 Å². The summed E-state index contributed by atoms with van der Waals surface area (Å²) >= 11 is 0. The van der Waals surface area contributed by atoms with E-state index in [1.54, 1.807) is 16.3 Å². The first-order valence-corrected chi connectivity index (χ1v) is 11.9. The number of carbonyl (C=O) groups is 1. The van der Waals surface area contributed by atoms with Crippen LogP contribution in [0.1, 0.15) is 26.2 Å². The molecule has 0 saturated heterocycles. The molecule has 4 aromatic rings. The third-order valence-electron chi connectivity index (χ3n) is 6.54. The van der Waals surface area contributed by atoms with Crippen LogP contribution in [0.15, 0.2) is 55.2 Å². The molecule has 2 N–H and O–H groups in total. The maximum absolute atomic E-state index is 11.6. The van der Waals surface area contributed by atoms with Crippen molar-refractivity contribution in [2.24, 2.45) is 20.0 Å². The summed E-state index contributed by atoms with van der Waals surface area (Å²) in [5.41, 5.74) is 4.90. The van der Waals surface area contributed by atoms with Gasteiger partial charge in [0.25, 0.3) is 0 Å². The normalized spacial score (nSPS) is 17.5. The molecule has 1 aliphatic rings. The highest BCUT2D eigenvalue weighted by Crippen LogP contribution is 2.31. The highest BCUT2D eigenvalue weighted by atomic mass is 16.1. The molecule has 1 aromatic carbocycles. The van der Waals surface area contributed by atoms with Crippen molar-refractivity contribution in [3.05, 3.63) is 55.2 Å². The molecule has 0 spiro atoms. The van der Waals surface area contributed by atoms with Crippen molar-refractivity contribution in [1.29, 1.82) is 0 Å². The molecule has 0 unspecified atom stereocenters. The van der Waals surface area contributed by atoms with E-state index < -0.39 is 0 Å². The van der Waals surface area contributed by atoms with Gasteiger partial charge in [0.1, 0.15) is 5.82 Å². The number of hydrogen-bond acceptors (Lipinski definition) is 6. The van der Waals surface area contributed by atoms with Crippen molar-refractivity contribution in [3.8, 4) is 33.6 Å². The van der Waals surface area contributed by atoms with Gasteiger partial charge in [0.2, 0.25) is 5.91 Å². The van der Waals surface area contributed by atoms with Crippen LogP contribution in [-0.4, -0.2) is 48.0 Å². The van der Waals surface area contributed by atoms with E-state index in [1.165, 1.54) is 0 Å². The van der Waals surface area contributed by atoms with E-state index in [4.69, 9.17) is 9.97 Å². The van der Waals surface area contributed by atoms with Gasteiger partial charge in [-0.05, 0) is 30.4 Å². The standard InChI is InChI=1S/C26H30N8O/c1-17(35)31-24-9-5-8-20(24)11-27-26-23(22-13-30-34(3)16-22)14-28-25(32-26)19-7-4-6-18(10-19)21-12-29-33(2)15-21/h4,6-7,10,12-16,20,24H,5,8-9,11H2,1-3H3,(H,31,35)(H,27,28,32)/t20-,24-/m0/s1. The lowest BCUT2D eigenvalue weighted by molar-refractivity contribution is -0.119. The van der Waals surface area contributed by atoms with Gasteiger partial charge in [-0.2, -0.15) is 10.2 Å². The zero-order valence-electron chi connectivity index (χ0n) is 20.3. The van der Waals surface area contributed by atoms with Crippen molar-refractivity contribution < 1.29 is 4.79 Å². The smallest absolute Gasteiger partial charge is 0.217 e. The van der Waals surface area contributed by atoms with E-state index in [2.05, 4.69) is 33.0 Å². The summed E-state index contributed by atoms with van der Waals surface area (Å²) in [6, 6.07) is 8.38. The molecule has 1 saturated carbocycles. The Kier molecular flexibility index (Phi) is 6.31. The Hall–Kier alpha value is -4.01. The van der Waals surface area contributed by atoms with Crippen LogP contribution in [0.25, 0.3) is 33.6 Å². The predicted octanol–water partition coefficient (Wildman–Crippen LogP) is 3.66. The molecule has 1 aliphatic carbocycles. The molecule has 0 radical (unpaired) electrons. The quantitative estimate of drug-likeness (QED) is 0.427. The molecular formula is C26H30N8O. The summed E-state index contributed by atoms with van der Waals surface area (Å²) in [7, 11) is 3.80.